The molecular formula is C14H16FN3O2S. The highest BCUT2D eigenvalue weighted by molar-refractivity contribution is 7.92. The average molecular weight is 309 g/mol. The lowest BCUT2D eigenvalue weighted by Gasteiger charge is -2.10. The van der Waals surface area contributed by atoms with Gasteiger partial charge in [-0.05, 0) is 43.8 Å². The van der Waals surface area contributed by atoms with Gasteiger partial charge in [0.15, 0.2) is 0 Å². The Balaban J connectivity index is 2.31. The lowest BCUT2D eigenvalue weighted by atomic mass is 10.2. The molecule has 1 heterocycles. The molecule has 0 amide bonds. The molecule has 0 saturated carbocycles. The molecule has 2 N–H and O–H groups in total. The average Bonchev–Trinajstić information content (AvgIpc) is 2.38. The second-order valence-electron chi connectivity index (χ2n) is 4.59. The Morgan fingerprint density at radius 3 is 2.62 bits per heavy atom. The van der Waals surface area contributed by atoms with Crippen LogP contribution < -0.4 is 10.0 Å². The number of nitrogens with zero attached hydrogens (tertiary/aromatic N) is 1. The van der Waals surface area contributed by atoms with Gasteiger partial charge in [0.2, 0.25) is 0 Å². The van der Waals surface area contributed by atoms with Crippen LogP contribution in [-0.4, -0.2) is 20.4 Å². The number of hydrogen-bond donors (Lipinski definition) is 2. The van der Waals surface area contributed by atoms with E-state index < -0.39 is 15.8 Å². The van der Waals surface area contributed by atoms with Crippen molar-refractivity contribution in [1.82, 2.24) is 10.3 Å². The van der Waals surface area contributed by atoms with Gasteiger partial charge in [-0.15, -0.1) is 0 Å². The molecule has 0 fully saturated rings. The third-order valence-electron chi connectivity index (χ3n) is 2.82. The molecule has 0 saturated heterocycles. The molecule has 21 heavy (non-hydrogen) atoms. The molecule has 112 valence electrons. The Morgan fingerprint density at radius 2 is 2.00 bits per heavy atom. The van der Waals surface area contributed by atoms with Crippen LogP contribution in [0.4, 0.5) is 10.1 Å². The second kappa shape index (κ2) is 6.19. The molecule has 0 atom stereocenters. The molecule has 0 radical (unpaired) electrons. The molecule has 2 rings (SSSR count). The van der Waals surface area contributed by atoms with Crippen molar-refractivity contribution in [2.75, 3.05) is 11.8 Å². The first-order valence-electron chi connectivity index (χ1n) is 6.31. The van der Waals surface area contributed by atoms with Gasteiger partial charge in [0.05, 0.1) is 5.69 Å². The lowest BCUT2D eigenvalue weighted by Crippen LogP contribution is -2.15. The zero-order chi connectivity index (χ0) is 15.5. The highest BCUT2D eigenvalue weighted by atomic mass is 32.2. The smallest absolute Gasteiger partial charge is 0.264 e. The molecular weight excluding hydrogens is 293 g/mol. The van der Waals surface area contributed by atoms with Gasteiger partial charge >= 0.3 is 0 Å². The van der Waals surface area contributed by atoms with E-state index in [0.29, 0.717) is 23.5 Å². The summed E-state index contributed by atoms with van der Waals surface area (Å²) in [5.41, 5.74) is 1.69. The summed E-state index contributed by atoms with van der Waals surface area (Å²) in [6.45, 7) is 2.21. The van der Waals surface area contributed by atoms with E-state index in [1.807, 2.05) is 0 Å². The normalized spacial score (nSPS) is 11.4. The highest BCUT2D eigenvalue weighted by Gasteiger charge is 2.19. The Bertz CT molecular complexity index is 748. The van der Waals surface area contributed by atoms with E-state index >= 15 is 0 Å². The number of sulfonamides is 1. The van der Waals surface area contributed by atoms with E-state index in [9.17, 15) is 12.8 Å². The third-order valence-corrected chi connectivity index (χ3v) is 4.23. The number of aromatic nitrogens is 1. The summed E-state index contributed by atoms with van der Waals surface area (Å²) in [5, 5.41) is 2.88. The topological polar surface area (TPSA) is 71.1 Å². The van der Waals surface area contributed by atoms with Crippen LogP contribution in [0.25, 0.3) is 0 Å². The fraction of sp³-hybridized carbons (Fsp3) is 0.214. The minimum Gasteiger partial charge on any atom is -0.316 e. The molecule has 0 aliphatic rings. The van der Waals surface area contributed by atoms with Crippen LogP contribution in [-0.2, 0) is 16.6 Å². The summed E-state index contributed by atoms with van der Waals surface area (Å²) < 4.78 is 40.8. The number of anilines is 1. The summed E-state index contributed by atoms with van der Waals surface area (Å²) >= 11 is 0. The van der Waals surface area contributed by atoms with E-state index in [4.69, 9.17) is 0 Å². The predicted octanol–water partition coefficient (Wildman–Crippen LogP) is 2.05. The number of halogens is 1. The summed E-state index contributed by atoms with van der Waals surface area (Å²) in [6, 6.07) is 7.13. The summed E-state index contributed by atoms with van der Waals surface area (Å²) in [6.07, 6.45) is 1.49. The monoisotopic (exact) mass is 309 g/mol. The van der Waals surface area contributed by atoms with Crippen molar-refractivity contribution >= 4 is 15.7 Å². The first-order chi connectivity index (χ1) is 9.92. The molecule has 0 unspecified atom stereocenters. The molecule has 0 aliphatic carbocycles. The van der Waals surface area contributed by atoms with Gasteiger partial charge in [-0.3, -0.25) is 9.71 Å². The van der Waals surface area contributed by atoms with Gasteiger partial charge in [0.25, 0.3) is 10.0 Å². The van der Waals surface area contributed by atoms with Crippen LogP contribution in [0.1, 0.15) is 11.3 Å². The zero-order valence-corrected chi connectivity index (χ0v) is 12.5. The molecule has 2 aromatic rings. The Morgan fingerprint density at radius 1 is 1.24 bits per heavy atom. The van der Waals surface area contributed by atoms with Crippen LogP contribution >= 0.6 is 0 Å². The number of rotatable bonds is 5. The quantitative estimate of drug-likeness (QED) is 0.887. The Hall–Kier alpha value is -1.99. The van der Waals surface area contributed by atoms with Gasteiger partial charge in [0.1, 0.15) is 10.7 Å². The van der Waals surface area contributed by atoms with Crippen molar-refractivity contribution in [3.8, 4) is 0 Å². The SMILES string of the molecule is CNCc1ccc(S(=O)(=O)Nc2ccnc(C)c2)c(F)c1. The molecule has 0 aliphatic heterocycles. The number of hydrogen-bond acceptors (Lipinski definition) is 4. The van der Waals surface area contributed by atoms with Crippen LogP contribution in [0.15, 0.2) is 41.4 Å². The summed E-state index contributed by atoms with van der Waals surface area (Å²) in [5.74, 6) is -0.777. The van der Waals surface area contributed by atoms with Gasteiger partial charge in [-0.2, -0.15) is 0 Å². The predicted molar refractivity (Wildman–Crippen MR) is 78.9 cm³/mol. The Labute approximate surface area is 123 Å². The van der Waals surface area contributed by atoms with E-state index in [0.717, 1.165) is 0 Å². The van der Waals surface area contributed by atoms with Crippen LogP contribution in [0.3, 0.4) is 0 Å². The van der Waals surface area contributed by atoms with E-state index in [2.05, 4.69) is 15.0 Å². The third kappa shape index (κ3) is 3.77. The fourth-order valence-electron chi connectivity index (χ4n) is 1.90. The Kier molecular flexibility index (Phi) is 4.54. The second-order valence-corrected chi connectivity index (χ2v) is 6.24. The van der Waals surface area contributed by atoms with Crippen molar-refractivity contribution in [3.05, 3.63) is 53.6 Å². The molecule has 0 spiro atoms. The van der Waals surface area contributed by atoms with E-state index in [-0.39, 0.29) is 4.90 Å². The van der Waals surface area contributed by atoms with Crippen molar-refractivity contribution in [3.63, 3.8) is 0 Å². The molecule has 7 heteroatoms. The largest absolute Gasteiger partial charge is 0.316 e. The van der Waals surface area contributed by atoms with Crippen molar-refractivity contribution < 1.29 is 12.8 Å². The first-order valence-corrected chi connectivity index (χ1v) is 7.79. The standard InChI is InChI=1S/C14H16FN3O2S/c1-10-7-12(5-6-17-10)18-21(19,20)14-4-3-11(9-16-2)8-13(14)15/h3-8,16H,9H2,1-2H3,(H,17,18). The van der Waals surface area contributed by atoms with Crippen LogP contribution in [0, 0.1) is 12.7 Å². The van der Waals surface area contributed by atoms with Crippen molar-refractivity contribution in [1.29, 1.82) is 0 Å². The van der Waals surface area contributed by atoms with E-state index in [1.54, 1.807) is 26.1 Å². The maximum Gasteiger partial charge on any atom is 0.264 e. The first kappa shape index (κ1) is 15.4. The molecule has 1 aromatic carbocycles. The highest BCUT2D eigenvalue weighted by Crippen LogP contribution is 2.20. The number of benzene rings is 1. The van der Waals surface area contributed by atoms with E-state index in [1.165, 1.54) is 24.4 Å². The number of pyridine rings is 1. The minimum atomic E-state index is -3.97. The van der Waals surface area contributed by atoms with Crippen molar-refractivity contribution in [2.24, 2.45) is 0 Å². The molecule has 0 bridgehead atoms. The fourth-order valence-corrected chi connectivity index (χ4v) is 3.01. The van der Waals surface area contributed by atoms with Crippen LogP contribution in [0.5, 0.6) is 0 Å². The van der Waals surface area contributed by atoms with Crippen molar-refractivity contribution in [2.45, 2.75) is 18.4 Å². The lowest BCUT2D eigenvalue weighted by molar-refractivity contribution is 0.568. The zero-order valence-electron chi connectivity index (χ0n) is 11.7. The maximum atomic E-state index is 14.0. The number of aryl methyl sites for hydroxylation is 1. The number of nitrogens with one attached hydrogen (secondary N) is 2. The minimum absolute atomic E-state index is 0.348. The van der Waals surface area contributed by atoms with Gasteiger partial charge in [0, 0.05) is 18.4 Å². The maximum absolute atomic E-state index is 14.0. The van der Waals surface area contributed by atoms with Crippen LogP contribution in [0.2, 0.25) is 0 Å². The van der Waals surface area contributed by atoms with Gasteiger partial charge in [-0.25, -0.2) is 12.8 Å². The molecule has 1 aromatic heterocycles. The summed E-state index contributed by atoms with van der Waals surface area (Å²) in [7, 11) is -2.23. The summed E-state index contributed by atoms with van der Waals surface area (Å²) in [4.78, 5) is 3.60. The van der Waals surface area contributed by atoms with Gasteiger partial charge < -0.3 is 5.32 Å². The van der Waals surface area contributed by atoms with Gasteiger partial charge in [-0.1, -0.05) is 6.07 Å². The molecule has 5 nitrogen and oxygen atoms in total.